The van der Waals surface area contributed by atoms with E-state index in [4.69, 9.17) is 9.47 Å². The van der Waals surface area contributed by atoms with Gasteiger partial charge in [-0.1, -0.05) is 6.92 Å². The smallest absolute Gasteiger partial charge is 0.237 e. The molecule has 1 atom stereocenters. The maximum Gasteiger partial charge on any atom is 0.237 e. The molecule has 1 heterocycles. The SMILES string of the molecule is CCCNC(COC(C)(C)C)c1nccnc1OC. The standard InChI is InChI=1S/C14H25N3O2/c1-6-7-15-11(10-19-14(2,3)4)12-13(18-5)17-9-8-16-12/h8-9,11,15H,6-7,10H2,1-5H3. The molecule has 0 amide bonds. The maximum absolute atomic E-state index is 5.86. The summed E-state index contributed by atoms with van der Waals surface area (Å²) in [4.78, 5) is 8.56. The summed E-state index contributed by atoms with van der Waals surface area (Å²) in [6, 6.07) is -0.0113. The Kier molecular flexibility index (Phi) is 6.18. The van der Waals surface area contributed by atoms with Gasteiger partial charge in [0.25, 0.3) is 0 Å². The predicted octanol–water partition coefficient (Wildman–Crippen LogP) is 2.34. The molecule has 1 aromatic heterocycles. The molecular formula is C14H25N3O2. The molecule has 0 saturated carbocycles. The van der Waals surface area contributed by atoms with E-state index in [1.54, 1.807) is 19.5 Å². The van der Waals surface area contributed by atoms with E-state index in [9.17, 15) is 0 Å². The minimum Gasteiger partial charge on any atom is -0.480 e. The second-order valence-corrected chi connectivity index (χ2v) is 5.38. The molecular weight excluding hydrogens is 242 g/mol. The lowest BCUT2D eigenvalue weighted by atomic mass is 10.1. The third kappa shape index (κ3) is 5.53. The second-order valence-electron chi connectivity index (χ2n) is 5.38. The third-order valence-electron chi connectivity index (χ3n) is 2.54. The van der Waals surface area contributed by atoms with Crippen molar-refractivity contribution < 1.29 is 9.47 Å². The average molecular weight is 267 g/mol. The number of rotatable bonds is 7. The number of ether oxygens (including phenoxy) is 2. The van der Waals surface area contributed by atoms with Gasteiger partial charge in [-0.25, -0.2) is 4.98 Å². The number of hydrogen-bond acceptors (Lipinski definition) is 5. The van der Waals surface area contributed by atoms with Gasteiger partial charge in [0, 0.05) is 12.4 Å². The van der Waals surface area contributed by atoms with Crippen LogP contribution in [-0.2, 0) is 4.74 Å². The first-order chi connectivity index (χ1) is 8.98. The first-order valence-corrected chi connectivity index (χ1v) is 6.70. The molecule has 5 nitrogen and oxygen atoms in total. The Morgan fingerprint density at radius 3 is 2.53 bits per heavy atom. The summed E-state index contributed by atoms with van der Waals surface area (Å²) in [7, 11) is 1.61. The van der Waals surface area contributed by atoms with Gasteiger partial charge in [-0.2, -0.15) is 0 Å². The molecule has 0 saturated heterocycles. The molecule has 1 N–H and O–H groups in total. The van der Waals surface area contributed by atoms with Crippen molar-refractivity contribution in [2.45, 2.75) is 45.8 Å². The van der Waals surface area contributed by atoms with Gasteiger partial charge in [0.2, 0.25) is 5.88 Å². The number of hydrogen-bond donors (Lipinski definition) is 1. The lowest BCUT2D eigenvalue weighted by Gasteiger charge is -2.25. The van der Waals surface area contributed by atoms with Crippen LogP contribution in [-0.4, -0.2) is 35.8 Å². The summed E-state index contributed by atoms with van der Waals surface area (Å²) in [6.45, 7) is 9.69. The molecule has 1 rings (SSSR count). The Hall–Kier alpha value is -1.20. The summed E-state index contributed by atoms with van der Waals surface area (Å²) >= 11 is 0. The Labute approximate surface area is 115 Å². The summed E-state index contributed by atoms with van der Waals surface area (Å²) in [6.07, 6.45) is 4.36. The van der Waals surface area contributed by atoms with Crippen molar-refractivity contribution >= 4 is 0 Å². The normalized spacial score (nSPS) is 13.3. The molecule has 0 aliphatic heterocycles. The van der Waals surface area contributed by atoms with Crippen molar-refractivity contribution in [3.8, 4) is 5.88 Å². The molecule has 0 aliphatic rings. The zero-order valence-electron chi connectivity index (χ0n) is 12.6. The predicted molar refractivity (Wildman–Crippen MR) is 75.3 cm³/mol. The van der Waals surface area contributed by atoms with Crippen molar-refractivity contribution in [2.24, 2.45) is 0 Å². The van der Waals surface area contributed by atoms with Crippen LogP contribution in [0.3, 0.4) is 0 Å². The lowest BCUT2D eigenvalue weighted by Crippen LogP contribution is -2.31. The number of methoxy groups -OCH3 is 1. The Morgan fingerprint density at radius 2 is 1.95 bits per heavy atom. The quantitative estimate of drug-likeness (QED) is 0.821. The van der Waals surface area contributed by atoms with Crippen molar-refractivity contribution in [2.75, 3.05) is 20.3 Å². The molecule has 5 heteroatoms. The van der Waals surface area contributed by atoms with Crippen LogP contribution < -0.4 is 10.1 Å². The maximum atomic E-state index is 5.86. The first kappa shape index (κ1) is 15.9. The first-order valence-electron chi connectivity index (χ1n) is 6.70. The van der Waals surface area contributed by atoms with Crippen LogP contribution in [0.2, 0.25) is 0 Å². The van der Waals surface area contributed by atoms with Crippen molar-refractivity contribution in [1.82, 2.24) is 15.3 Å². The van der Waals surface area contributed by atoms with E-state index in [0.717, 1.165) is 18.7 Å². The fourth-order valence-corrected chi connectivity index (χ4v) is 1.62. The highest BCUT2D eigenvalue weighted by molar-refractivity contribution is 5.21. The molecule has 0 radical (unpaired) electrons. The molecule has 108 valence electrons. The number of nitrogens with one attached hydrogen (secondary N) is 1. The highest BCUT2D eigenvalue weighted by Crippen LogP contribution is 2.22. The summed E-state index contributed by atoms with van der Waals surface area (Å²) in [5.41, 5.74) is 0.615. The Morgan fingerprint density at radius 1 is 1.26 bits per heavy atom. The fraction of sp³-hybridized carbons (Fsp3) is 0.714. The summed E-state index contributed by atoms with van der Waals surface area (Å²) in [5, 5.41) is 3.43. The molecule has 0 aromatic carbocycles. The van der Waals surface area contributed by atoms with Crippen LogP contribution in [0.4, 0.5) is 0 Å². The molecule has 0 aliphatic carbocycles. The molecule has 0 bridgehead atoms. The van der Waals surface area contributed by atoms with Gasteiger partial charge in [0.15, 0.2) is 0 Å². The van der Waals surface area contributed by atoms with Crippen molar-refractivity contribution in [3.05, 3.63) is 18.1 Å². The van der Waals surface area contributed by atoms with Crippen LogP contribution in [0.5, 0.6) is 5.88 Å². The van der Waals surface area contributed by atoms with E-state index in [0.29, 0.717) is 12.5 Å². The van der Waals surface area contributed by atoms with E-state index in [2.05, 4.69) is 22.2 Å². The van der Waals surface area contributed by atoms with Crippen LogP contribution in [0.15, 0.2) is 12.4 Å². The molecule has 1 unspecified atom stereocenters. The van der Waals surface area contributed by atoms with Gasteiger partial charge in [-0.3, -0.25) is 4.98 Å². The number of nitrogens with zero attached hydrogens (tertiary/aromatic N) is 2. The van der Waals surface area contributed by atoms with E-state index < -0.39 is 0 Å². The highest BCUT2D eigenvalue weighted by atomic mass is 16.5. The number of aromatic nitrogens is 2. The molecule has 0 fully saturated rings. The lowest BCUT2D eigenvalue weighted by molar-refractivity contribution is -0.0156. The van der Waals surface area contributed by atoms with Gasteiger partial charge in [-0.05, 0) is 33.7 Å². The van der Waals surface area contributed by atoms with Gasteiger partial charge in [-0.15, -0.1) is 0 Å². The fourth-order valence-electron chi connectivity index (χ4n) is 1.62. The molecule has 1 aromatic rings. The summed E-state index contributed by atoms with van der Waals surface area (Å²) in [5.74, 6) is 0.550. The van der Waals surface area contributed by atoms with Crippen LogP contribution in [0.25, 0.3) is 0 Å². The van der Waals surface area contributed by atoms with Gasteiger partial charge < -0.3 is 14.8 Å². The topological polar surface area (TPSA) is 56.3 Å². The van der Waals surface area contributed by atoms with Gasteiger partial charge in [0.1, 0.15) is 5.69 Å². The van der Waals surface area contributed by atoms with E-state index in [-0.39, 0.29) is 11.6 Å². The Balaban J connectivity index is 2.82. The van der Waals surface area contributed by atoms with Crippen molar-refractivity contribution in [1.29, 1.82) is 0 Å². The second kappa shape index (κ2) is 7.40. The Bertz CT molecular complexity index is 377. The van der Waals surface area contributed by atoms with Crippen LogP contribution >= 0.6 is 0 Å². The van der Waals surface area contributed by atoms with Gasteiger partial charge in [0.05, 0.1) is 25.4 Å². The van der Waals surface area contributed by atoms with Crippen LogP contribution in [0, 0.1) is 0 Å². The minimum atomic E-state index is -0.179. The third-order valence-corrected chi connectivity index (χ3v) is 2.54. The largest absolute Gasteiger partial charge is 0.480 e. The highest BCUT2D eigenvalue weighted by Gasteiger charge is 2.21. The monoisotopic (exact) mass is 267 g/mol. The average Bonchev–Trinajstić information content (AvgIpc) is 2.38. The van der Waals surface area contributed by atoms with E-state index in [1.807, 2.05) is 20.8 Å². The zero-order chi connectivity index (χ0) is 14.3. The zero-order valence-corrected chi connectivity index (χ0v) is 12.6. The summed E-state index contributed by atoms with van der Waals surface area (Å²) < 4.78 is 11.1. The minimum absolute atomic E-state index is 0.0113. The van der Waals surface area contributed by atoms with Gasteiger partial charge >= 0.3 is 0 Å². The van der Waals surface area contributed by atoms with E-state index in [1.165, 1.54) is 0 Å². The molecule has 0 spiro atoms. The van der Waals surface area contributed by atoms with E-state index >= 15 is 0 Å². The van der Waals surface area contributed by atoms with Crippen LogP contribution in [0.1, 0.15) is 45.9 Å². The molecule has 19 heavy (non-hydrogen) atoms. The van der Waals surface area contributed by atoms with Crippen molar-refractivity contribution in [3.63, 3.8) is 0 Å².